The predicted molar refractivity (Wildman–Crippen MR) is 74.5 cm³/mol. The molecule has 0 spiro atoms. The summed E-state index contributed by atoms with van der Waals surface area (Å²) in [6.45, 7) is 6.77. The summed E-state index contributed by atoms with van der Waals surface area (Å²) in [5, 5.41) is 0.733. The molecule has 0 aliphatic heterocycles. The SMILES string of the molecule is CC(C)N(Cc1ccccc1Cl)C(=O)C1(C)CC1. The molecule has 1 fully saturated rings. The van der Waals surface area contributed by atoms with Gasteiger partial charge in [0.1, 0.15) is 0 Å². The fourth-order valence-corrected chi connectivity index (χ4v) is 2.24. The van der Waals surface area contributed by atoms with E-state index in [-0.39, 0.29) is 17.4 Å². The van der Waals surface area contributed by atoms with Crippen LogP contribution in [0.1, 0.15) is 39.2 Å². The summed E-state index contributed by atoms with van der Waals surface area (Å²) in [5.41, 5.74) is 0.899. The van der Waals surface area contributed by atoms with E-state index >= 15 is 0 Å². The van der Waals surface area contributed by atoms with Crippen LogP contribution in [0.2, 0.25) is 5.02 Å². The Labute approximate surface area is 114 Å². The van der Waals surface area contributed by atoms with Gasteiger partial charge in [-0.2, -0.15) is 0 Å². The maximum absolute atomic E-state index is 12.5. The average molecular weight is 266 g/mol. The molecule has 3 heteroatoms. The van der Waals surface area contributed by atoms with E-state index in [1.807, 2.05) is 29.2 Å². The van der Waals surface area contributed by atoms with E-state index in [4.69, 9.17) is 11.6 Å². The first-order valence-electron chi connectivity index (χ1n) is 6.48. The zero-order chi connectivity index (χ0) is 13.3. The molecule has 1 aliphatic carbocycles. The third-order valence-corrected chi connectivity index (χ3v) is 4.07. The lowest BCUT2D eigenvalue weighted by Gasteiger charge is -2.30. The smallest absolute Gasteiger partial charge is 0.229 e. The Kier molecular flexibility index (Phi) is 3.67. The summed E-state index contributed by atoms with van der Waals surface area (Å²) in [4.78, 5) is 14.4. The molecular weight excluding hydrogens is 246 g/mol. The van der Waals surface area contributed by atoms with E-state index in [1.54, 1.807) is 0 Å². The molecule has 2 nitrogen and oxygen atoms in total. The van der Waals surface area contributed by atoms with Gasteiger partial charge in [-0.3, -0.25) is 4.79 Å². The lowest BCUT2D eigenvalue weighted by molar-refractivity contribution is -0.138. The molecule has 1 amide bonds. The molecule has 2 rings (SSSR count). The van der Waals surface area contributed by atoms with Gasteiger partial charge in [-0.1, -0.05) is 36.7 Å². The standard InChI is InChI=1S/C15H20ClNO/c1-11(2)17(14(18)15(3)8-9-15)10-12-6-4-5-7-13(12)16/h4-7,11H,8-10H2,1-3H3. The van der Waals surface area contributed by atoms with E-state index < -0.39 is 0 Å². The molecule has 0 saturated heterocycles. The number of hydrogen-bond acceptors (Lipinski definition) is 1. The van der Waals surface area contributed by atoms with Crippen LogP contribution >= 0.6 is 11.6 Å². The lowest BCUT2D eigenvalue weighted by Crippen LogP contribution is -2.40. The van der Waals surface area contributed by atoms with E-state index in [0.717, 1.165) is 23.4 Å². The highest BCUT2D eigenvalue weighted by molar-refractivity contribution is 6.31. The largest absolute Gasteiger partial charge is 0.335 e. The molecule has 1 aromatic rings. The fourth-order valence-electron chi connectivity index (χ4n) is 2.05. The fraction of sp³-hybridized carbons (Fsp3) is 0.533. The van der Waals surface area contributed by atoms with Crippen molar-refractivity contribution < 1.29 is 4.79 Å². The van der Waals surface area contributed by atoms with Crippen molar-refractivity contribution in [2.75, 3.05) is 0 Å². The van der Waals surface area contributed by atoms with Gasteiger partial charge in [-0.25, -0.2) is 0 Å². The highest BCUT2D eigenvalue weighted by Crippen LogP contribution is 2.47. The second kappa shape index (κ2) is 4.93. The van der Waals surface area contributed by atoms with E-state index in [2.05, 4.69) is 20.8 Å². The Morgan fingerprint density at radius 1 is 1.39 bits per heavy atom. The first-order chi connectivity index (χ1) is 8.44. The van der Waals surface area contributed by atoms with Crippen LogP contribution in [0.5, 0.6) is 0 Å². The molecule has 0 N–H and O–H groups in total. The van der Waals surface area contributed by atoms with Gasteiger partial charge < -0.3 is 4.90 Å². The molecular formula is C15H20ClNO. The molecule has 0 heterocycles. The minimum Gasteiger partial charge on any atom is -0.335 e. The van der Waals surface area contributed by atoms with Crippen LogP contribution < -0.4 is 0 Å². The summed E-state index contributed by atoms with van der Waals surface area (Å²) in [5.74, 6) is 0.261. The van der Waals surface area contributed by atoms with Crippen molar-refractivity contribution in [3.8, 4) is 0 Å². The summed E-state index contributed by atoms with van der Waals surface area (Å²) < 4.78 is 0. The predicted octanol–water partition coefficient (Wildman–Crippen LogP) is 3.88. The minimum absolute atomic E-state index is 0.120. The highest BCUT2D eigenvalue weighted by Gasteiger charge is 2.47. The molecule has 0 unspecified atom stereocenters. The summed E-state index contributed by atoms with van der Waals surface area (Å²) >= 11 is 6.17. The van der Waals surface area contributed by atoms with Crippen molar-refractivity contribution in [1.82, 2.24) is 4.90 Å². The van der Waals surface area contributed by atoms with Crippen molar-refractivity contribution in [2.45, 2.75) is 46.2 Å². The number of amides is 1. The van der Waals surface area contributed by atoms with Gasteiger partial charge in [0.25, 0.3) is 0 Å². The van der Waals surface area contributed by atoms with Crippen molar-refractivity contribution in [1.29, 1.82) is 0 Å². The van der Waals surface area contributed by atoms with Gasteiger partial charge in [0.2, 0.25) is 5.91 Å². The number of nitrogens with zero attached hydrogens (tertiary/aromatic N) is 1. The second-order valence-corrected chi connectivity index (χ2v) is 6.09. The highest BCUT2D eigenvalue weighted by atomic mass is 35.5. The van der Waals surface area contributed by atoms with Gasteiger partial charge in [0.15, 0.2) is 0 Å². The third-order valence-electron chi connectivity index (χ3n) is 3.70. The molecule has 1 aliphatic rings. The number of carbonyl (C=O) groups is 1. The maximum atomic E-state index is 12.5. The van der Waals surface area contributed by atoms with Gasteiger partial charge in [-0.05, 0) is 38.3 Å². The monoisotopic (exact) mass is 265 g/mol. The Morgan fingerprint density at radius 3 is 2.50 bits per heavy atom. The van der Waals surface area contributed by atoms with Crippen molar-refractivity contribution in [3.05, 3.63) is 34.9 Å². The quantitative estimate of drug-likeness (QED) is 0.809. The number of carbonyl (C=O) groups excluding carboxylic acids is 1. The lowest BCUT2D eigenvalue weighted by atomic mass is 10.1. The van der Waals surface area contributed by atoms with E-state index in [0.29, 0.717) is 6.54 Å². The summed E-state index contributed by atoms with van der Waals surface area (Å²) in [6.07, 6.45) is 2.02. The molecule has 0 atom stereocenters. The molecule has 0 aromatic heterocycles. The Bertz CT molecular complexity index is 452. The molecule has 0 bridgehead atoms. The van der Waals surface area contributed by atoms with Crippen LogP contribution in [0, 0.1) is 5.41 Å². The van der Waals surface area contributed by atoms with Crippen molar-refractivity contribution in [3.63, 3.8) is 0 Å². The molecule has 18 heavy (non-hydrogen) atoms. The van der Waals surface area contributed by atoms with E-state index in [1.165, 1.54) is 0 Å². The number of rotatable bonds is 4. The van der Waals surface area contributed by atoms with Gasteiger partial charge >= 0.3 is 0 Å². The van der Waals surface area contributed by atoms with Crippen LogP contribution in [-0.4, -0.2) is 16.8 Å². The van der Waals surface area contributed by atoms with Crippen LogP contribution in [0.4, 0.5) is 0 Å². The second-order valence-electron chi connectivity index (χ2n) is 5.68. The Balaban J connectivity index is 2.17. The van der Waals surface area contributed by atoms with Crippen LogP contribution in [0.15, 0.2) is 24.3 Å². The van der Waals surface area contributed by atoms with Gasteiger partial charge in [0.05, 0.1) is 0 Å². The molecule has 98 valence electrons. The summed E-state index contributed by atoms with van der Waals surface area (Å²) in [7, 11) is 0. The zero-order valence-corrected chi connectivity index (χ0v) is 12.0. The zero-order valence-electron chi connectivity index (χ0n) is 11.2. The third kappa shape index (κ3) is 2.69. The van der Waals surface area contributed by atoms with Gasteiger partial charge in [0, 0.05) is 23.0 Å². The molecule has 1 saturated carbocycles. The Hall–Kier alpha value is -1.02. The number of benzene rings is 1. The van der Waals surface area contributed by atoms with Gasteiger partial charge in [-0.15, -0.1) is 0 Å². The minimum atomic E-state index is -0.120. The van der Waals surface area contributed by atoms with Crippen molar-refractivity contribution in [2.24, 2.45) is 5.41 Å². The van der Waals surface area contributed by atoms with Crippen molar-refractivity contribution >= 4 is 17.5 Å². The first-order valence-corrected chi connectivity index (χ1v) is 6.86. The number of hydrogen-bond donors (Lipinski definition) is 0. The topological polar surface area (TPSA) is 20.3 Å². The van der Waals surface area contributed by atoms with Crippen LogP contribution in [0.3, 0.4) is 0 Å². The van der Waals surface area contributed by atoms with E-state index in [9.17, 15) is 4.79 Å². The number of halogens is 1. The van der Waals surface area contributed by atoms with Crippen LogP contribution in [-0.2, 0) is 11.3 Å². The molecule has 0 radical (unpaired) electrons. The maximum Gasteiger partial charge on any atom is 0.229 e. The Morgan fingerprint density at radius 2 is 2.00 bits per heavy atom. The average Bonchev–Trinajstić information content (AvgIpc) is 3.06. The normalized spacial score (nSPS) is 16.7. The molecule has 1 aromatic carbocycles. The van der Waals surface area contributed by atoms with Crippen LogP contribution in [0.25, 0.3) is 0 Å². The summed E-state index contributed by atoms with van der Waals surface area (Å²) in [6, 6.07) is 7.93. The first kappa shape index (κ1) is 13.4.